The number of sulfonamides is 1. The SMILES string of the molecule is CCOC(=O)[C@H](Cc1cccc(S(=O)(=O)N2CC(Oc3ccc(F)cc3)(c3ccccc3)C2)c1)C(=O)OC(C)OC(=O)C(C)(C)C. The van der Waals surface area contributed by atoms with Crippen molar-refractivity contribution in [2.24, 2.45) is 11.3 Å². The Kier molecular flexibility index (Phi) is 10.5. The smallest absolute Gasteiger partial charge is 0.323 e. The van der Waals surface area contributed by atoms with Crippen molar-refractivity contribution in [2.75, 3.05) is 19.7 Å². The van der Waals surface area contributed by atoms with Crippen LogP contribution in [0.4, 0.5) is 4.39 Å². The van der Waals surface area contributed by atoms with Crippen molar-refractivity contribution in [3.63, 3.8) is 0 Å². The molecule has 1 aliphatic rings. The summed E-state index contributed by atoms with van der Waals surface area (Å²) in [5.74, 6) is -3.90. The van der Waals surface area contributed by atoms with Crippen LogP contribution in [0.5, 0.6) is 5.75 Å². The Morgan fingerprint density at radius 3 is 2.17 bits per heavy atom. The third kappa shape index (κ3) is 8.10. The second kappa shape index (κ2) is 14.0. The molecule has 3 aromatic carbocycles. The number of carbonyl (C=O) groups excluding carboxylic acids is 3. The molecule has 0 bridgehead atoms. The van der Waals surface area contributed by atoms with Gasteiger partial charge in [0.2, 0.25) is 16.3 Å². The summed E-state index contributed by atoms with van der Waals surface area (Å²) >= 11 is 0. The van der Waals surface area contributed by atoms with Gasteiger partial charge in [0, 0.05) is 6.92 Å². The van der Waals surface area contributed by atoms with Crippen molar-refractivity contribution < 1.29 is 46.1 Å². The number of carbonyl (C=O) groups is 3. The predicted molar refractivity (Wildman–Crippen MR) is 165 cm³/mol. The summed E-state index contributed by atoms with van der Waals surface area (Å²) in [5, 5.41) is 0. The lowest BCUT2D eigenvalue weighted by atomic mass is 9.87. The lowest BCUT2D eigenvalue weighted by molar-refractivity contribution is -0.194. The molecule has 0 aromatic heterocycles. The molecule has 12 heteroatoms. The number of rotatable bonds is 12. The summed E-state index contributed by atoms with van der Waals surface area (Å²) < 4.78 is 64.1. The van der Waals surface area contributed by atoms with Gasteiger partial charge in [-0.3, -0.25) is 14.4 Å². The molecule has 46 heavy (non-hydrogen) atoms. The molecular formula is C34H38FNO9S. The number of benzene rings is 3. The van der Waals surface area contributed by atoms with Crippen LogP contribution in [0.1, 0.15) is 45.7 Å². The molecule has 0 amide bonds. The second-order valence-corrected chi connectivity index (χ2v) is 13.9. The Bertz CT molecular complexity index is 1650. The maximum absolute atomic E-state index is 13.8. The normalized spacial score (nSPS) is 16.0. The van der Waals surface area contributed by atoms with Gasteiger partial charge in [0.15, 0.2) is 11.5 Å². The van der Waals surface area contributed by atoms with Crippen molar-refractivity contribution in [3.05, 3.63) is 95.8 Å². The zero-order valence-corrected chi connectivity index (χ0v) is 27.2. The van der Waals surface area contributed by atoms with E-state index in [1.807, 2.05) is 30.3 Å². The van der Waals surface area contributed by atoms with E-state index in [2.05, 4.69) is 0 Å². The molecule has 1 unspecified atom stereocenters. The standard InChI is InChI=1S/C34H38FNO9S/c1-6-42-30(37)29(31(38)43-23(2)44-32(39)33(3,4)5)20-24-11-10-14-28(19-24)46(40,41)36-21-34(22-36,25-12-8-7-9-13-25)45-27-17-15-26(35)16-18-27/h7-19,23,29H,6,20-22H2,1-5H3/t23?,29-/m0/s1. The zero-order valence-electron chi connectivity index (χ0n) is 26.4. The maximum atomic E-state index is 13.8. The lowest BCUT2D eigenvalue weighted by Crippen LogP contribution is -2.64. The highest BCUT2D eigenvalue weighted by atomic mass is 32.2. The van der Waals surface area contributed by atoms with Gasteiger partial charge >= 0.3 is 17.9 Å². The van der Waals surface area contributed by atoms with Crippen molar-refractivity contribution in [2.45, 2.75) is 57.8 Å². The summed E-state index contributed by atoms with van der Waals surface area (Å²) in [4.78, 5) is 38.0. The van der Waals surface area contributed by atoms with E-state index in [1.165, 1.54) is 53.7 Å². The average molecular weight is 656 g/mol. The monoisotopic (exact) mass is 655 g/mol. The highest BCUT2D eigenvalue weighted by Gasteiger charge is 2.52. The van der Waals surface area contributed by atoms with Crippen LogP contribution in [0.15, 0.2) is 83.8 Å². The molecule has 0 aliphatic carbocycles. The first kappa shape index (κ1) is 34.6. The summed E-state index contributed by atoms with van der Waals surface area (Å²) in [6.45, 7) is 7.87. The minimum absolute atomic E-state index is 0.00368. The van der Waals surface area contributed by atoms with E-state index < -0.39 is 57.0 Å². The number of halogens is 1. The van der Waals surface area contributed by atoms with E-state index >= 15 is 0 Å². The van der Waals surface area contributed by atoms with E-state index in [-0.39, 0.29) is 31.0 Å². The third-order valence-electron chi connectivity index (χ3n) is 7.29. The van der Waals surface area contributed by atoms with Crippen molar-refractivity contribution in [3.8, 4) is 5.75 Å². The largest absolute Gasteiger partial charge is 0.480 e. The van der Waals surface area contributed by atoms with E-state index in [1.54, 1.807) is 33.8 Å². The van der Waals surface area contributed by atoms with Gasteiger partial charge in [0.05, 0.1) is 30.0 Å². The summed E-state index contributed by atoms with van der Waals surface area (Å²) in [5.41, 5.74) is -0.710. The van der Waals surface area contributed by atoms with Gasteiger partial charge in [0.1, 0.15) is 11.6 Å². The molecule has 246 valence electrons. The van der Waals surface area contributed by atoms with Gasteiger partial charge in [-0.1, -0.05) is 42.5 Å². The molecule has 0 N–H and O–H groups in total. The van der Waals surface area contributed by atoms with Gasteiger partial charge in [-0.2, -0.15) is 4.31 Å². The van der Waals surface area contributed by atoms with Crippen molar-refractivity contribution in [1.82, 2.24) is 4.31 Å². The molecular weight excluding hydrogens is 617 g/mol. The molecule has 2 atom stereocenters. The molecule has 0 saturated carbocycles. The average Bonchev–Trinajstić information content (AvgIpc) is 2.98. The number of esters is 3. The molecule has 1 fully saturated rings. The summed E-state index contributed by atoms with van der Waals surface area (Å²) in [6, 6.07) is 20.6. The number of hydrogen-bond donors (Lipinski definition) is 0. The highest BCUT2D eigenvalue weighted by molar-refractivity contribution is 7.89. The summed E-state index contributed by atoms with van der Waals surface area (Å²) in [7, 11) is -4.03. The molecule has 3 aromatic rings. The molecule has 1 saturated heterocycles. The van der Waals surface area contributed by atoms with Crippen LogP contribution in [0.3, 0.4) is 0 Å². The predicted octanol–water partition coefficient (Wildman–Crippen LogP) is 5.00. The minimum atomic E-state index is -4.03. The first-order valence-corrected chi connectivity index (χ1v) is 16.3. The number of nitrogens with zero attached hydrogens (tertiary/aromatic N) is 1. The fourth-order valence-electron chi connectivity index (χ4n) is 4.79. The Labute approximate surface area is 268 Å². The van der Waals surface area contributed by atoms with Gasteiger partial charge < -0.3 is 18.9 Å². The first-order valence-electron chi connectivity index (χ1n) is 14.8. The van der Waals surface area contributed by atoms with Crippen LogP contribution in [-0.2, 0) is 50.6 Å². The highest BCUT2D eigenvalue weighted by Crippen LogP contribution is 2.40. The van der Waals surface area contributed by atoms with Crippen LogP contribution < -0.4 is 4.74 Å². The second-order valence-electron chi connectivity index (χ2n) is 12.0. The fourth-order valence-corrected chi connectivity index (χ4v) is 6.40. The molecule has 4 rings (SSSR count). The van der Waals surface area contributed by atoms with E-state index in [4.69, 9.17) is 18.9 Å². The number of ether oxygens (including phenoxy) is 4. The van der Waals surface area contributed by atoms with E-state index in [0.717, 1.165) is 5.56 Å². The van der Waals surface area contributed by atoms with E-state index in [9.17, 15) is 27.2 Å². The molecule has 0 spiro atoms. The topological polar surface area (TPSA) is 126 Å². The van der Waals surface area contributed by atoms with Crippen LogP contribution in [-0.4, -0.2) is 56.6 Å². The quantitative estimate of drug-likeness (QED) is 0.151. The zero-order chi connectivity index (χ0) is 33.7. The maximum Gasteiger partial charge on any atom is 0.323 e. The lowest BCUT2D eigenvalue weighted by Gasteiger charge is -2.48. The minimum Gasteiger partial charge on any atom is -0.480 e. The molecule has 1 aliphatic heterocycles. The Morgan fingerprint density at radius 1 is 0.913 bits per heavy atom. The van der Waals surface area contributed by atoms with Gasteiger partial charge in [-0.15, -0.1) is 0 Å². The van der Waals surface area contributed by atoms with Crippen LogP contribution >= 0.6 is 0 Å². The Morgan fingerprint density at radius 2 is 1.57 bits per heavy atom. The van der Waals surface area contributed by atoms with Gasteiger partial charge in [-0.25, -0.2) is 12.8 Å². The Hall–Kier alpha value is -4.29. The summed E-state index contributed by atoms with van der Waals surface area (Å²) in [6.07, 6.45) is -1.49. The molecule has 10 nitrogen and oxygen atoms in total. The van der Waals surface area contributed by atoms with Crippen molar-refractivity contribution >= 4 is 27.9 Å². The van der Waals surface area contributed by atoms with Gasteiger partial charge in [-0.05, 0) is 81.6 Å². The third-order valence-corrected chi connectivity index (χ3v) is 9.08. The van der Waals surface area contributed by atoms with Crippen LogP contribution in [0, 0.1) is 17.2 Å². The van der Waals surface area contributed by atoms with E-state index in [0.29, 0.717) is 11.3 Å². The fraction of sp³-hybridized carbons (Fsp3) is 0.382. The molecule has 0 radical (unpaired) electrons. The van der Waals surface area contributed by atoms with Crippen LogP contribution in [0.25, 0.3) is 0 Å². The number of hydrogen-bond acceptors (Lipinski definition) is 9. The Balaban J connectivity index is 1.52. The molecule has 1 heterocycles. The first-order chi connectivity index (χ1) is 21.6. The van der Waals surface area contributed by atoms with Crippen LogP contribution in [0.2, 0.25) is 0 Å². The van der Waals surface area contributed by atoms with Gasteiger partial charge in [0.25, 0.3) is 0 Å². The van der Waals surface area contributed by atoms with Crippen molar-refractivity contribution in [1.29, 1.82) is 0 Å².